The van der Waals surface area contributed by atoms with Gasteiger partial charge in [-0.05, 0) is 57.6 Å². The van der Waals surface area contributed by atoms with Crippen LogP contribution in [0.25, 0.3) is 21.6 Å². The fraction of sp³-hybridized carbons (Fsp3) is 0.235. The van der Waals surface area contributed by atoms with Gasteiger partial charge in [0.2, 0.25) is 5.90 Å². The molecule has 0 saturated carbocycles. The molecule has 0 saturated heterocycles. The number of carbonyl (C=O) groups is 1. The lowest BCUT2D eigenvalue weighted by Crippen LogP contribution is -2.53. The van der Waals surface area contributed by atoms with Crippen molar-refractivity contribution in [1.82, 2.24) is 10.9 Å². The zero-order valence-corrected chi connectivity index (χ0v) is 24.4. The molecular formula is C34H34N6O4. The highest BCUT2D eigenvalue weighted by Gasteiger charge is 2.53. The normalized spacial score (nSPS) is 17.2. The van der Waals surface area contributed by atoms with E-state index < -0.39 is 11.6 Å². The quantitative estimate of drug-likeness (QED) is 0.0605. The Morgan fingerprint density at radius 1 is 0.955 bits per heavy atom. The number of aliphatic hydroxyl groups excluding tert-OH is 1. The van der Waals surface area contributed by atoms with E-state index in [4.69, 9.17) is 25.1 Å². The number of rotatable bonds is 13. The molecule has 0 aromatic heterocycles. The highest BCUT2D eigenvalue weighted by atomic mass is 16.5. The molecule has 4 aromatic carbocycles. The van der Waals surface area contributed by atoms with Crippen molar-refractivity contribution in [2.24, 2.45) is 10.1 Å². The molecule has 2 atom stereocenters. The van der Waals surface area contributed by atoms with Crippen molar-refractivity contribution in [2.45, 2.75) is 31.0 Å². The molecule has 1 aliphatic rings. The summed E-state index contributed by atoms with van der Waals surface area (Å²) in [5, 5.41) is 12.8. The van der Waals surface area contributed by atoms with E-state index in [1.54, 1.807) is 7.05 Å². The van der Waals surface area contributed by atoms with Crippen LogP contribution in [0.1, 0.15) is 34.8 Å². The molecule has 0 bridgehead atoms. The minimum absolute atomic E-state index is 0.0548. The smallest absolute Gasteiger partial charge is 0.266 e. The molecular weight excluding hydrogens is 556 g/mol. The third-order valence-corrected chi connectivity index (χ3v) is 7.47. The van der Waals surface area contributed by atoms with Gasteiger partial charge in [-0.1, -0.05) is 84.0 Å². The van der Waals surface area contributed by atoms with Gasteiger partial charge in [0.1, 0.15) is 5.75 Å². The lowest BCUT2D eigenvalue weighted by atomic mass is 9.80. The molecule has 10 heteroatoms. The number of hydrogen-bond acceptors (Lipinski definition) is 7. The van der Waals surface area contributed by atoms with Crippen molar-refractivity contribution in [3.8, 4) is 16.9 Å². The highest BCUT2D eigenvalue weighted by molar-refractivity contribution is 6.01. The molecule has 1 aliphatic heterocycles. The number of aliphatic hydroxyl groups is 1. The summed E-state index contributed by atoms with van der Waals surface area (Å²) in [5.41, 5.74) is 18.3. The second-order valence-electron chi connectivity index (χ2n) is 10.3. The van der Waals surface area contributed by atoms with E-state index in [-0.39, 0.29) is 25.5 Å². The van der Waals surface area contributed by atoms with Crippen molar-refractivity contribution in [1.29, 1.82) is 0 Å². The Labute approximate surface area is 256 Å². The lowest BCUT2D eigenvalue weighted by molar-refractivity contribution is -0.129. The molecule has 0 spiro atoms. The zero-order valence-electron chi connectivity index (χ0n) is 24.4. The van der Waals surface area contributed by atoms with E-state index in [9.17, 15) is 4.79 Å². The number of carbonyl (C=O) groups excluding carboxylic acids is 1. The van der Waals surface area contributed by atoms with Crippen LogP contribution in [0.4, 0.5) is 0 Å². The van der Waals surface area contributed by atoms with Gasteiger partial charge >= 0.3 is 0 Å². The van der Waals surface area contributed by atoms with Gasteiger partial charge in [0, 0.05) is 37.0 Å². The second kappa shape index (κ2) is 14.3. The summed E-state index contributed by atoms with van der Waals surface area (Å²) in [7, 11) is 1.63. The number of nitrogens with one attached hydrogen (secondary N) is 2. The first-order chi connectivity index (χ1) is 21.6. The van der Waals surface area contributed by atoms with Gasteiger partial charge in [0.25, 0.3) is 5.91 Å². The third kappa shape index (κ3) is 6.74. The highest BCUT2D eigenvalue weighted by Crippen LogP contribution is 2.43. The van der Waals surface area contributed by atoms with E-state index in [0.29, 0.717) is 30.2 Å². The zero-order chi connectivity index (χ0) is 30.8. The van der Waals surface area contributed by atoms with Crippen LogP contribution in [-0.4, -0.2) is 42.7 Å². The molecule has 44 heavy (non-hydrogen) atoms. The third-order valence-electron chi connectivity index (χ3n) is 7.47. The van der Waals surface area contributed by atoms with Gasteiger partial charge in [-0.15, -0.1) is 0 Å². The Morgan fingerprint density at radius 2 is 1.61 bits per heavy atom. The first-order valence-corrected chi connectivity index (χ1v) is 14.4. The lowest BCUT2D eigenvalue weighted by Gasteiger charge is -2.31. The maximum absolute atomic E-state index is 14.1. The number of azide groups is 1. The van der Waals surface area contributed by atoms with Crippen LogP contribution in [0.3, 0.4) is 0 Å². The average Bonchev–Trinajstić information content (AvgIpc) is 3.46. The van der Waals surface area contributed by atoms with Crippen LogP contribution in [0.5, 0.6) is 5.75 Å². The van der Waals surface area contributed by atoms with Gasteiger partial charge in [-0.3, -0.25) is 10.2 Å². The predicted octanol–water partition coefficient (Wildman–Crippen LogP) is 5.68. The Bertz CT molecular complexity index is 1640. The number of benzene rings is 4. The van der Waals surface area contributed by atoms with Crippen molar-refractivity contribution in [3.05, 3.63) is 136 Å². The van der Waals surface area contributed by atoms with Crippen molar-refractivity contribution < 1.29 is 19.4 Å². The Hall–Kier alpha value is -5.15. The summed E-state index contributed by atoms with van der Waals surface area (Å²) in [6.45, 7) is 0.595. The topological polar surface area (TPSA) is 141 Å². The summed E-state index contributed by atoms with van der Waals surface area (Å²) in [4.78, 5) is 22.0. The van der Waals surface area contributed by atoms with Crippen molar-refractivity contribution in [3.63, 3.8) is 0 Å². The standard InChI is InChI=1S/C34H34N6O4/c1-36-39-33(42)34(22-28-10-5-6-11-29(28)23-37-40-35)31(26-14-12-25(13-15-26)24-8-3-2-4-9-24)44-32(38-34)27-16-18-30(19-17-27)43-21-7-20-41/h2-6,8-19,31,36,41H,7,20-23H2,1H3,(H,39,42)/t31-,34-/m0/s1. The fourth-order valence-corrected chi connectivity index (χ4v) is 5.27. The van der Waals surface area contributed by atoms with Gasteiger partial charge in [0.15, 0.2) is 11.6 Å². The van der Waals surface area contributed by atoms with Gasteiger partial charge in [-0.2, -0.15) is 0 Å². The van der Waals surface area contributed by atoms with Crippen LogP contribution in [0.2, 0.25) is 0 Å². The molecule has 4 aromatic rings. The molecule has 0 unspecified atom stereocenters. The molecule has 10 nitrogen and oxygen atoms in total. The molecule has 0 aliphatic carbocycles. The molecule has 1 amide bonds. The Balaban J connectivity index is 1.58. The first-order valence-electron chi connectivity index (χ1n) is 14.4. The first kappa shape index (κ1) is 30.3. The number of hydrogen-bond donors (Lipinski definition) is 3. The van der Waals surface area contributed by atoms with E-state index in [2.05, 4.69) is 20.9 Å². The summed E-state index contributed by atoms with van der Waals surface area (Å²) in [6.07, 6.45) is -0.0510. The number of aliphatic imine (C=N–C) groups is 1. The van der Waals surface area contributed by atoms with Crippen molar-refractivity contribution >= 4 is 11.8 Å². The minimum Gasteiger partial charge on any atom is -0.494 e. The van der Waals surface area contributed by atoms with Crippen LogP contribution in [0.15, 0.2) is 113 Å². The van der Waals surface area contributed by atoms with Crippen LogP contribution < -0.4 is 15.6 Å². The monoisotopic (exact) mass is 590 g/mol. The van der Waals surface area contributed by atoms with Crippen molar-refractivity contribution in [2.75, 3.05) is 20.3 Å². The van der Waals surface area contributed by atoms with Crippen LogP contribution in [0, 0.1) is 0 Å². The molecule has 0 fully saturated rings. The molecule has 1 heterocycles. The molecule has 224 valence electrons. The fourth-order valence-electron chi connectivity index (χ4n) is 5.27. The van der Waals surface area contributed by atoms with Crippen LogP contribution in [-0.2, 0) is 22.5 Å². The van der Waals surface area contributed by atoms with Crippen LogP contribution >= 0.6 is 0 Å². The summed E-state index contributed by atoms with van der Waals surface area (Å²) < 4.78 is 12.3. The average molecular weight is 591 g/mol. The minimum atomic E-state index is -1.41. The van der Waals surface area contributed by atoms with Gasteiger partial charge in [-0.25, -0.2) is 10.4 Å². The summed E-state index contributed by atoms with van der Waals surface area (Å²) >= 11 is 0. The van der Waals surface area contributed by atoms with Gasteiger partial charge in [0.05, 0.1) is 13.2 Å². The van der Waals surface area contributed by atoms with Gasteiger partial charge < -0.3 is 14.6 Å². The molecule has 5 rings (SSSR count). The maximum atomic E-state index is 14.1. The SMILES string of the molecule is CNNC(=O)[C@@]1(Cc2ccccc2CN=[N+]=[N-])N=C(c2ccc(OCCCO)cc2)O[C@H]1c1ccc(-c2ccccc2)cc1. The predicted molar refractivity (Wildman–Crippen MR) is 169 cm³/mol. The second-order valence-corrected chi connectivity index (χ2v) is 10.3. The molecule has 0 radical (unpaired) electrons. The molecule has 3 N–H and O–H groups in total. The largest absolute Gasteiger partial charge is 0.494 e. The Kier molecular flexibility index (Phi) is 9.89. The summed E-state index contributed by atoms with van der Waals surface area (Å²) in [5.74, 6) is 0.609. The van der Waals surface area contributed by atoms with E-state index in [1.807, 2.05) is 103 Å². The van der Waals surface area contributed by atoms with E-state index >= 15 is 0 Å². The Morgan fingerprint density at radius 3 is 2.30 bits per heavy atom. The number of hydrazine groups is 1. The number of ether oxygens (including phenoxy) is 2. The number of amides is 1. The number of nitrogens with zero attached hydrogens (tertiary/aromatic N) is 4. The summed E-state index contributed by atoms with van der Waals surface area (Å²) in [6, 6.07) is 32.9. The maximum Gasteiger partial charge on any atom is 0.266 e. The van der Waals surface area contributed by atoms with E-state index in [1.165, 1.54) is 0 Å². The van der Waals surface area contributed by atoms with E-state index in [0.717, 1.165) is 27.8 Å².